The highest BCUT2D eigenvalue weighted by Gasteiger charge is 2.08. The van der Waals surface area contributed by atoms with Crippen molar-refractivity contribution in [1.29, 1.82) is 0 Å². The molecule has 0 saturated carbocycles. The summed E-state index contributed by atoms with van der Waals surface area (Å²) in [5, 5.41) is 0. The van der Waals surface area contributed by atoms with Crippen molar-refractivity contribution >= 4 is 9.76 Å². The molecule has 1 nitrogen and oxygen atoms in total. The molecule has 0 spiro atoms. The first-order chi connectivity index (χ1) is 6.58. The third-order valence-corrected chi connectivity index (χ3v) is 3.70. The summed E-state index contributed by atoms with van der Waals surface area (Å²) in [6.07, 6.45) is 1.17. The lowest BCUT2D eigenvalue weighted by Gasteiger charge is -2.19. The third-order valence-electron chi connectivity index (χ3n) is 1.99. The van der Waals surface area contributed by atoms with Crippen LogP contribution in [-0.4, -0.2) is 15.4 Å². The lowest BCUT2D eigenvalue weighted by molar-refractivity contribution is 0.138. The van der Waals surface area contributed by atoms with Crippen LogP contribution in [0.1, 0.15) is 26.3 Å². The van der Waals surface area contributed by atoms with E-state index in [-0.39, 0.29) is 15.4 Å². The SMILES string of the molecule is CC(C)(C)O[SiH2]CCc1ccccc1. The molecule has 14 heavy (non-hydrogen) atoms. The smallest absolute Gasteiger partial charge is 0.162 e. The molecule has 0 amide bonds. The first-order valence-corrected chi connectivity index (χ1v) is 6.83. The summed E-state index contributed by atoms with van der Waals surface area (Å²) in [5.41, 5.74) is 1.49. The Morgan fingerprint density at radius 1 is 1.14 bits per heavy atom. The van der Waals surface area contributed by atoms with Gasteiger partial charge in [-0.05, 0) is 38.8 Å². The largest absolute Gasteiger partial charge is 0.419 e. The number of rotatable bonds is 4. The van der Waals surface area contributed by atoms with Gasteiger partial charge < -0.3 is 4.43 Å². The number of hydrogen-bond donors (Lipinski definition) is 0. The lowest BCUT2D eigenvalue weighted by Crippen LogP contribution is -2.21. The predicted octanol–water partition coefficient (Wildman–Crippen LogP) is 2.55. The highest BCUT2D eigenvalue weighted by molar-refractivity contribution is 6.27. The second-order valence-electron chi connectivity index (χ2n) is 4.55. The highest BCUT2D eigenvalue weighted by Crippen LogP contribution is 2.08. The monoisotopic (exact) mass is 208 g/mol. The van der Waals surface area contributed by atoms with Gasteiger partial charge in [0.1, 0.15) is 0 Å². The Morgan fingerprint density at radius 3 is 2.36 bits per heavy atom. The molecule has 0 radical (unpaired) electrons. The highest BCUT2D eigenvalue weighted by atomic mass is 28.2. The van der Waals surface area contributed by atoms with Crippen molar-refractivity contribution in [2.75, 3.05) is 0 Å². The topological polar surface area (TPSA) is 9.23 Å². The van der Waals surface area contributed by atoms with Crippen LogP contribution in [0.2, 0.25) is 6.04 Å². The molecule has 0 bridgehead atoms. The summed E-state index contributed by atoms with van der Waals surface area (Å²) in [4.78, 5) is 0. The summed E-state index contributed by atoms with van der Waals surface area (Å²) in [6, 6.07) is 11.9. The number of hydrogen-bond acceptors (Lipinski definition) is 1. The minimum absolute atomic E-state index is 0.0584. The van der Waals surface area contributed by atoms with Gasteiger partial charge in [0.05, 0.1) is 0 Å². The standard InChI is InChI=1S/C12H20OSi/c1-12(2,3)13-14-10-9-11-7-5-4-6-8-11/h4-8H,9-10,14H2,1-3H3. The zero-order valence-electron chi connectivity index (χ0n) is 9.42. The van der Waals surface area contributed by atoms with Crippen molar-refractivity contribution in [3.8, 4) is 0 Å². The van der Waals surface area contributed by atoms with E-state index < -0.39 is 0 Å². The predicted molar refractivity (Wildman–Crippen MR) is 64.3 cm³/mol. The Kier molecular flexibility index (Phi) is 4.36. The van der Waals surface area contributed by atoms with Crippen LogP contribution in [0.15, 0.2) is 30.3 Å². The molecule has 78 valence electrons. The van der Waals surface area contributed by atoms with Crippen molar-refractivity contribution in [3.05, 3.63) is 35.9 Å². The molecule has 1 aromatic carbocycles. The van der Waals surface area contributed by atoms with Gasteiger partial charge in [-0.15, -0.1) is 0 Å². The third kappa shape index (κ3) is 5.20. The maximum atomic E-state index is 5.79. The molecule has 0 fully saturated rings. The second kappa shape index (κ2) is 5.32. The van der Waals surface area contributed by atoms with Gasteiger partial charge in [0.25, 0.3) is 0 Å². The average molecular weight is 208 g/mol. The zero-order chi connectivity index (χ0) is 10.4. The fourth-order valence-electron chi connectivity index (χ4n) is 1.30. The number of benzene rings is 1. The van der Waals surface area contributed by atoms with Gasteiger partial charge in [0.2, 0.25) is 0 Å². The minimum atomic E-state index is -0.337. The Bertz CT molecular complexity index is 251. The van der Waals surface area contributed by atoms with Gasteiger partial charge in [0, 0.05) is 5.60 Å². The van der Waals surface area contributed by atoms with E-state index in [4.69, 9.17) is 4.43 Å². The van der Waals surface area contributed by atoms with Crippen molar-refractivity contribution in [3.63, 3.8) is 0 Å². The maximum Gasteiger partial charge on any atom is 0.162 e. The molecule has 0 atom stereocenters. The Hall–Kier alpha value is -0.603. The Labute approximate surface area is 89.4 Å². The summed E-state index contributed by atoms with van der Waals surface area (Å²) in [6.45, 7) is 6.38. The Morgan fingerprint density at radius 2 is 1.79 bits per heavy atom. The first kappa shape index (κ1) is 11.5. The van der Waals surface area contributed by atoms with Gasteiger partial charge in [-0.2, -0.15) is 0 Å². The van der Waals surface area contributed by atoms with E-state index in [1.165, 1.54) is 18.0 Å². The first-order valence-electron chi connectivity index (χ1n) is 5.26. The van der Waals surface area contributed by atoms with Crippen molar-refractivity contribution in [2.24, 2.45) is 0 Å². The van der Waals surface area contributed by atoms with Crippen LogP contribution in [0.4, 0.5) is 0 Å². The molecule has 0 aliphatic carbocycles. The molecule has 0 aromatic heterocycles. The van der Waals surface area contributed by atoms with E-state index in [2.05, 4.69) is 51.1 Å². The fourth-order valence-corrected chi connectivity index (χ4v) is 2.61. The lowest BCUT2D eigenvalue weighted by atomic mass is 10.2. The second-order valence-corrected chi connectivity index (χ2v) is 5.95. The van der Waals surface area contributed by atoms with E-state index >= 15 is 0 Å². The fraction of sp³-hybridized carbons (Fsp3) is 0.500. The van der Waals surface area contributed by atoms with Crippen LogP contribution in [0.3, 0.4) is 0 Å². The molecule has 1 rings (SSSR count). The average Bonchev–Trinajstić information content (AvgIpc) is 2.13. The Balaban J connectivity index is 2.17. The van der Waals surface area contributed by atoms with E-state index in [0.29, 0.717) is 0 Å². The van der Waals surface area contributed by atoms with Crippen molar-refractivity contribution in [2.45, 2.75) is 38.8 Å². The molecule has 0 aliphatic rings. The molecule has 2 heteroatoms. The van der Waals surface area contributed by atoms with Gasteiger partial charge in [-0.1, -0.05) is 30.3 Å². The zero-order valence-corrected chi connectivity index (χ0v) is 10.8. The molecule has 0 unspecified atom stereocenters. The minimum Gasteiger partial charge on any atom is -0.419 e. The molecule has 0 N–H and O–H groups in total. The van der Waals surface area contributed by atoms with E-state index in [1.807, 2.05) is 0 Å². The quantitative estimate of drug-likeness (QED) is 0.546. The molecular formula is C12H20OSi. The molecule has 0 aliphatic heterocycles. The molecule has 0 saturated heterocycles. The summed E-state index contributed by atoms with van der Waals surface area (Å²) >= 11 is 0. The molecule has 1 aromatic rings. The van der Waals surface area contributed by atoms with Crippen LogP contribution in [0, 0.1) is 0 Å². The van der Waals surface area contributed by atoms with Crippen LogP contribution < -0.4 is 0 Å². The van der Waals surface area contributed by atoms with Crippen LogP contribution >= 0.6 is 0 Å². The van der Waals surface area contributed by atoms with Crippen LogP contribution in [-0.2, 0) is 10.8 Å². The molecular weight excluding hydrogens is 188 g/mol. The van der Waals surface area contributed by atoms with Gasteiger partial charge in [-0.3, -0.25) is 0 Å². The van der Waals surface area contributed by atoms with E-state index in [0.717, 1.165) is 0 Å². The summed E-state index contributed by atoms with van der Waals surface area (Å²) in [7, 11) is -0.337. The van der Waals surface area contributed by atoms with Gasteiger partial charge >= 0.3 is 0 Å². The normalized spacial score (nSPS) is 12.5. The van der Waals surface area contributed by atoms with Gasteiger partial charge in [-0.25, -0.2) is 0 Å². The number of aryl methyl sites for hydroxylation is 1. The van der Waals surface area contributed by atoms with Crippen LogP contribution in [0.25, 0.3) is 0 Å². The van der Waals surface area contributed by atoms with E-state index in [1.54, 1.807) is 0 Å². The van der Waals surface area contributed by atoms with Crippen molar-refractivity contribution < 1.29 is 4.43 Å². The summed E-state index contributed by atoms with van der Waals surface area (Å²) < 4.78 is 5.79. The van der Waals surface area contributed by atoms with Crippen LogP contribution in [0.5, 0.6) is 0 Å². The van der Waals surface area contributed by atoms with Crippen molar-refractivity contribution in [1.82, 2.24) is 0 Å². The summed E-state index contributed by atoms with van der Waals surface area (Å²) in [5.74, 6) is 0. The van der Waals surface area contributed by atoms with Gasteiger partial charge in [0.15, 0.2) is 9.76 Å². The maximum absolute atomic E-state index is 5.79. The molecule has 0 heterocycles. The van der Waals surface area contributed by atoms with E-state index in [9.17, 15) is 0 Å².